The molecule has 0 atom stereocenters. The summed E-state index contributed by atoms with van der Waals surface area (Å²) < 4.78 is 2.12. The number of hydrogen-bond acceptors (Lipinski definition) is 3. The molecular weight excluding hydrogens is 284 g/mol. The Morgan fingerprint density at radius 1 is 1.04 bits per heavy atom. The van der Waals surface area contributed by atoms with Crippen molar-refractivity contribution in [3.8, 4) is 0 Å². The number of nitrogens with zero attached hydrogens (tertiary/aromatic N) is 4. The lowest BCUT2D eigenvalue weighted by Crippen LogP contribution is -2.00. The van der Waals surface area contributed by atoms with Gasteiger partial charge in [0.25, 0.3) is 0 Å². The fourth-order valence-corrected chi connectivity index (χ4v) is 2.70. The molecule has 3 aromatic rings. The average molecular weight is 307 g/mol. The van der Waals surface area contributed by atoms with Crippen molar-refractivity contribution < 1.29 is 0 Å². The SMILES string of the molecule is CCCCc1n[c]c2c(ncn2CCCCc2ccccc2)n1. The Morgan fingerprint density at radius 3 is 2.74 bits per heavy atom. The number of aromatic nitrogens is 4. The average Bonchev–Trinajstić information content (AvgIpc) is 3.00. The minimum Gasteiger partial charge on any atom is -0.327 e. The lowest BCUT2D eigenvalue weighted by atomic mass is 10.1. The van der Waals surface area contributed by atoms with Crippen LogP contribution in [-0.4, -0.2) is 19.5 Å². The maximum Gasteiger partial charge on any atom is 0.181 e. The first-order chi connectivity index (χ1) is 11.4. The van der Waals surface area contributed by atoms with Crippen molar-refractivity contribution in [2.75, 3.05) is 0 Å². The van der Waals surface area contributed by atoms with Gasteiger partial charge >= 0.3 is 0 Å². The predicted molar refractivity (Wildman–Crippen MR) is 92.2 cm³/mol. The van der Waals surface area contributed by atoms with Crippen LogP contribution in [0.15, 0.2) is 36.7 Å². The highest BCUT2D eigenvalue weighted by atomic mass is 15.1. The van der Waals surface area contributed by atoms with Gasteiger partial charge in [0.2, 0.25) is 0 Å². The first kappa shape index (κ1) is 15.7. The van der Waals surface area contributed by atoms with Gasteiger partial charge in [0.05, 0.1) is 6.33 Å². The highest BCUT2D eigenvalue weighted by Gasteiger charge is 2.06. The summed E-state index contributed by atoms with van der Waals surface area (Å²) in [6.07, 6.45) is 11.6. The predicted octanol–water partition coefficient (Wildman–Crippen LogP) is 3.99. The molecule has 0 aliphatic rings. The van der Waals surface area contributed by atoms with E-state index in [2.05, 4.69) is 63.0 Å². The third kappa shape index (κ3) is 4.15. The quantitative estimate of drug-likeness (QED) is 0.591. The fourth-order valence-electron chi connectivity index (χ4n) is 2.70. The molecule has 3 rings (SSSR count). The zero-order valence-corrected chi connectivity index (χ0v) is 13.7. The van der Waals surface area contributed by atoms with E-state index < -0.39 is 0 Å². The summed E-state index contributed by atoms with van der Waals surface area (Å²) in [5.74, 6) is 0.855. The van der Waals surface area contributed by atoms with Crippen molar-refractivity contribution >= 4 is 11.2 Å². The molecular formula is C19H23N4. The van der Waals surface area contributed by atoms with Gasteiger partial charge in [-0.3, -0.25) is 0 Å². The second-order valence-corrected chi connectivity index (χ2v) is 5.91. The van der Waals surface area contributed by atoms with E-state index in [4.69, 9.17) is 0 Å². The van der Waals surface area contributed by atoms with E-state index in [0.717, 1.165) is 55.6 Å². The highest BCUT2D eigenvalue weighted by molar-refractivity contribution is 5.68. The molecule has 0 fully saturated rings. The van der Waals surface area contributed by atoms with Crippen molar-refractivity contribution in [1.82, 2.24) is 19.5 Å². The third-order valence-corrected chi connectivity index (χ3v) is 4.06. The summed E-state index contributed by atoms with van der Waals surface area (Å²) >= 11 is 0. The molecule has 23 heavy (non-hydrogen) atoms. The van der Waals surface area contributed by atoms with Crippen molar-refractivity contribution in [2.24, 2.45) is 0 Å². The van der Waals surface area contributed by atoms with Crippen LogP contribution in [0.2, 0.25) is 0 Å². The largest absolute Gasteiger partial charge is 0.327 e. The number of imidazole rings is 1. The van der Waals surface area contributed by atoms with Crippen LogP contribution in [0.3, 0.4) is 0 Å². The van der Waals surface area contributed by atoms with Crippen molar-refractivity contribution in [1.29, 1.82) is 0 Å². The van der Waals surface area contributed by atoms with Crippen molar-refractivity contribution in [2.45, 2.75) is 52.0 Å². The molecule has 2 aromatic heterocycles. The van der Waals surface area contributed by atoms with Gasteiger partial charge in [0.1, 0.15) is 17.5 Å². The molecule has 1 radical (unpaired) electrons. The molecule has 119 valence electrons. The number of benzene rings is 1. The smallest absolute Gasteiger partial charge is 0.181 e. The van der Waals surface area contributed by atoms with Gasteiger partial charge in [-0.1, -0.05) is 43.7 Å². The van der Waals surface area contributed by atoms with Gasteiger partial charge in [-0.05, 0) is 31.2 Å². The Morgan fingerprint density at radius 2 is 1.91 bits per heavy atom. The number of fused-ring (bicyclic) bond motifs is 1. The van der Waals surface area contributed by atoms with Crippen LogP contribution < -0.4 is 0 Å². The number of rotatable bonds is 8. The number of unbranched alkanes of at least 4 members (excludes halogenated alkanes) is 2. The standard InChI is InChI=1S/C19H23N4/c1-2-3-12-18-20-14-17-19(22-18)21-15-23(17)13-8-7-11-16-9-5-4-6-10-16/h4-6,9-10,15H,2-3,7-8,11-13H2,1H3. The van der Waals surface area contributed by atoms with E-state index in [1.165, 1.54) is 12.0 Å². The molecule has 2 heterocycles. The summed E-state index contributed by atoms with van der Waals surface area (Å²) in [7, 11) is 0. The van der Waals surface area contributed by atoms with Crippen LogP contribution in [0.25, 0.3) is 11.2 Å². The van der Waals surface area contributed by atoms with Crippen LogP contribution in [0, 0.1) is 6.20 Å². The first-order valence-electron chi connectivity index (χ1n) is 8.50. The number of aryl methyl sites for hydroxylation is 3. The Bertz CT molecular complexity index is 733. The van der Waals surface area contributed by atoms with Crippen LogP contribution >= 0.6 is 0 Å². The molecule has 0 N–H and O–H groups in total. The summed E-state index contributed by atoms with van der Waals surface area (Å²) in [4.78, 5) is 13.3. The normalized spacial score (nSPS) is 11.2. The summed E-state index contributed by atoms with van der Waals surface area (Å²) in [6.45, 7) is 3.11. The van der Waals surface area contributed by atoms with Gasteiger partial charge in [-0.25, -0.2) is 15.0 Å². The second kappa shape index (κ2) is 7.86. The molecule has 0 aliphatic heterocycles. The van der Waals surface area contributed by atoms with Gasteiger partial charge in [0, 0.05) is 13.0 Å². The lowest BCUT2D eigenvalue weighted by Gasteiger charge is -2.04. The first-order valence-corrected chi connectivity index (χ1v) is 8.50. The van der Waals surface area contributed by atoms with Crippen LogP contribution in [-0.2, 0) is 19.4 Å². The zero-order valence-electron chi connectivity index (χ0n) is 13.7. The summed E-state index contributed by atoms with van der Waals surface area (Å²) in [5, 5.41) is 0. The van der Waals surface area contributed by atoms with Crippen LogP contribution in [0.5, 0.6) is 0 Å². The monoisotopic (exact) mass is 307 g/mol. The maximum atomic E-state index is 4.53. The van der Waals surface area contributed by atoms with Gasteiger partial charge < -0.3 is 4.57 Å². The molecule has 0 bridgehead atoms. The third-order valence-electron chi connectivity index (χ3n) is 4.06. The number of hydrogen-bond donors (Lipinski definition) is 0. The zero-order chi connectivity index (χ0) is 15.9. The van der Waals surface area contributed by atoms with E-state index in [0.29, 0.717) is 0 Å². The molecule has 4 nitrogen and oxygen atoms in total. The van der Waals surface area contributed by atoms with E-state index in [-0.39, 0.29) is 0 Å². The minimum atomic E-state index is 0.772. The maximum absolute atomic E-state index is 4.53. The Balaban J connectivity index is 1.56. The van der Waals surface area contributed by atoms with Crippen LogP contribution in [0.1, 0.15) is 44.0 Å². The summed E-state index contributed by atoms with van der Waals surface area (Å²) in [5.41, 5.74) is 3.09. The van der Waals surface area contributed by atoms with Crippen molar-refractivity contribution in [3.63, 3.8) is 0 Å². The molecule has 0 spiro atoms. The van der Waals surface area contributed by atoms with Crippen molar-refractivity contribution in [3.05, 3.63) is 54.2 Å². The van der Waals surface area contributed by atoms with Crippen LogP contribution in [0.4, 0.5) is 0 Å². The minimum absolute atomic E-state index is 0.772. The van der Waals surface area contributed by atoms with Gasteiger partial charge in [-0.2, -0.15) is 0 Å². The molecule has 0 amide bonds. The molecule has 4 heteroatoms. The van der Waals surface area contributed by atoms with E-state index >= 15 is 0 Å². The topological polar surface area (TPSA) is 43.6 Å². The molecule has 1 aromatic carbocycles. The van der Waals surface area contributed by atoms with E-state index in [9.17, 15) is 0 Å². The van der Waals surface area contributed by atoms with Gasteiger partial charge in [-0.15, -0.1) is 0 Å². The fraction of sp³-hybridized carbons (Fsp3) is 0.421. The Hall–Kier alpha value is -2.23. The highest BCUT2D eigenvalue weighted by Crippen LogP contribution is 2.12. The summed E-state index contributed by atoms with van der Waals surface area (Å²) in [6, 6.07) is 10.6. The second-order valence-electron chi connectivity index (χ2n) is 5.91. The van der Waals surface area contributed by atoms with E-state index in [1.54, 1.807) is 0 Å². The van der Waals surface area contributed by atoms with E-state index in [1.807, 2.05) is 6.33 Å². The Labute approximate surface area is 137 Å². The molecule has 0 saturated heterocycles. The lowest BCUT2D eigenvalue weighted by molar-refractivity contribution is 0.620. The molecule has 0 saturated carbocycles. The van der Waals surface area contributed by atoms with Gasteiger partial charge in [0.15, 0.2) is 5.65 Å². The molecule has 0 unspecified atom stereocenters. The Kier molecular flexibility index (Phi) is 5.35. The molecule has 0 aliphatic carbocycles.